The fourth-order valence-electron chi connectivity index (χ4n) is 1.48. The Morgan fingerprint density at radius 2 is 2.13 bits per heavy atom. The van der Waals surface area contributed by atoms with Gasteiger partial charge in [-0.25, -0.2) is 0 Å². The fraction of sp³-hybridized carbons (Fsp3) is 0.364. The molecule has 80 valence electrons. The number of carbonyl (C=O) groups is 1. The van der Waals surface area contributed by atoms with Crippen molar-refractivity contribution < 1.29 is 15.0 Å². The quantitative estimate of drug-likeness (QED) is 0.683. The Balaban J connectivity index is 2.11. The molecule has 1 saturated carbocycles. The summed E-state index contributed by atoms with van der Waals surface area (Å²) in [5.41, 5.74) is 0.201. The van der Waals surface area contributed by atoms with Crippen LogP contribution in [0, 0.1) is 5.92 Å². The van der Waals surface area contributed by atoms with E-state index < -0.39 is 0 Å². The highest BCUT2D eigenvalue weighted by Crippen LogP contribution is 2.30. The van der Waals surface area contributed by atoms with Crippen molar-refractivity contribution in [3.63, 3.8) is 0 Å². The number of aromatic hydroxyl groups is 2. The van der Waals surface area contributed by atoms with Crippen molar-refractivity contribution in [1.82, 2.24) is 5.32 Å². The molecule has 1 fully saturated rings. The van der Waals surface area contributed by atoms with E-state index in [1.54, 1.807) is 0 Å². The highest BCUT2D eigenvalue weighted by atomic mass is 16.3. The summed E-state index contributed by atoms with van der Waals surface area (Å²) in [7, 11) is 0. The normalized spacial score (nSPS) is 23.5. The van der Waals surface area contributed by atoms with Crippen molar-refractivity contribution in [1.29, 1.82) is 0 Å². The molecule has 1 aromatic rings. The molecule has 3 N–H and O–H groups in total. The van der Waals surface area contributed by atoms with Crippen molar-refractivity contribution in [2.24, 2.45) is 5.92 Å². The van der Waals surface area contributed by atoms with E-state index in [-0.39, 0.29) is 29.0 Å². The van der Waals surface area contributed by atoms with Gasteiger partial charge in [-0.1, -0.05) is 6.92 Å². The van der Waals surface area contributed by atoms with Crippen LogP contribution in [0.3, 0.4) is 0 Å². The van der Waals surface area contributed by atoms with Gasteiger partial charge in [-0.3, -0.25) is 4.79 Å². The van der Waals surface area contributed by atoms with Crippen molar-refractivity contribution in [2.75, 3.05) is 0 Å². The molecule has 0 aromatic heterocycles. The maximum atomic E-state index is 11.6. The van der Waals surface area contributed by atoms with Crippen LogP contribution in [0.2, 0.25) is 0 Å². The highest BCUT2D eigenvalue weighted by Gasteiger charge is 2.34. The van der Waals surface area contributed by atoms with Gasteiger partial charge >= 0.3 is 0 Å². The average Bonchev–Trinajstić information content (AvgIpc) is 2.81. The Morgan fingerprint density at radius 1 is 1.47 bits per heavy atom. The lowest BCUT2D eigenvalue weighted by atomic mass is 10.2. The first kappa shape index (κ1) is 9.83. The van der Waals surface area contributed by atoms with E-state index in [9.17, 15) is 9.90 Å². The van der Waals surface area contributed by atoms with E-state index in [0.29, 0.717) is 5.92 Å². The van der Waals surface area contributed by atoms with Crippen molar-refractivity contribution in [3.05, 3.63) is 23.8 Å². The Kier molecular flexibility index (Phi) is 2.26. The van der Waals surface area contributed by atoms with Gasteiger partial charge in [0.05, 0.1) is 5.56 Å². The van der Waals surface area contributed by atoms with Crippen LogP contribution in [0.15, 0.2) is 18.2 Å². The zero-order valence-electron chi connectivity index (χ0n) is 8.40. The summed E-state index contributed by atoms with van der Waals surface area (Å²) in [6.45, 7) is 2.06. The van der Waals surface area contributed by atoms with Crippen LogP contribution < -0.4 is 5.32 Å². The Labute approximate surface area is 87.6 Å². The minimum atomic E-state index is -0.290. The van der Waals surface area contributed by atoms with E-state index in [1.165, 1.54) is 12.1 Å². The molecule has 2 rings (SSSR count). The number of hydrogen-bond donors (Lipinski definition) is 3. The second kappa shape index (κ2) is 3.46. The summed E-state index contributed by atoms with van der Waals surface area (Å²) >= 11 is 0. The summed E-state index contributed by atoms with van der Waals surface area (Å²) in [6, 6.07) is 4.18. The number of carbonyl (C=O) groups excluding carboxylic acids is 1. The van der Waals surface area contributed by atoms with E-state index in [1.807, 2.05) is 0 Å². The van der Waals surface area contributed by atoms with Crippen LogP contribution in [-0.4, -0.2) is 22.2 Å². The van der Waals surface area contributed by atoms with Gasteiger partial charge in [0.25, 0.3) is 5.91 Å². The number of phenolic OH excluding ortho intramolecular Hbond substituents is 2. The Bertz CT molecular complexity index is 403. The largest absolute Gasteiger partial charge is 0.508 e. The Morgan fingerprint density at radius 3 is 2.67 bits per heavy atom. The van der Waals surface area contributed by atoms with Crippen molar-refractivity contribution >= 4 is 5.91 Å². The summed E-state index contributed by atoms with van der Waals surface area (Å²) in [6.07, 6.45) is 0.991. The van der Waals surface area contributed by atoms with E-state index in [4.69, 9.17) is 5.11 Å². The number of hydrogen-bond acceptors (Lipinski definition) is 3. The van der Waals surface area contributed by atoms with Crippen LogP contribution >= 0.6 is 0 Å². The SMILES string of the molecule is CC1CC1NC(=O)c1ccc(O)cc1O. The molecule has 1 amide bonds. The molecule has 0 radical (unpaired) electrons. The van der Waals surface area contributed by atoms with Gasteiger partial charge in [0.2, 0.25) is 0 Å². The molecular weight excluding hydrogens is 194 g/mol. The van der Waals surface area contributed by atoms with Crippen LogP contribution in [-0.2, 0) is 0 Å². The first-order chi connectivity index (χ1) is 7.08. The molecule has 1 aromatic carbocycles. The van der Waals surface area contributed by atoms with E-state index in [0.717, 1.165) is 12.5 Å². The van der Waals surface area contributed by atoms with Crippen molar-refractivity contribution in [2.45, 2.75) is 19.4 Å². The predicted octanol–water partition coefficient (Wildman–Crippen LogP) is 1.24. The lowest BCUT2D eigenvalue weighted by Crippen LogP contribution is -2.26. The van der Waals surface area contributed by atoms with Crippen LogP contribution in [0.25, 0.3) is 0 Å². The number of benzene rings is 1. The average molecular weight is 207 g/mol. The third-order valence-corrected chi connectivity index (χ3v) is 2.65. The number of rotatable bonds is 2. The second-order valence-electron chi connectivity index (χ2n) is 3.99. The standard InChI is InChI=1S/C11H13NO3/c1-6-4-9(6)12-11(15)8-3-2-7(13)5-10(8)14/h2-3,5-6,9,13-14H,4H2,1H3,(H,12,15). The first-order valence-corrected chi connectivity index (χ1v) is 4.91. The smallest absolute Gasteiger partial charge is 0.255 e. The molecule has 2 unspecified atom stereocenters. The third kappa shape index (κ3) is 2.03. The molecule has 2 atom stereocenters. The molecule has 0 spiro atoms. The maximum Gasteiger partial charge on any atom is 0.255 e. The maximum absolute atomic E-state index is 11.6. The van der Waals surface area contributed by atoms with Gasteiger partial charge in [-0.2, -0.15) is 0 Å². The molecule has 0 bridgehead atoms. The topological polar surface area (TPSA) is 69.6 Å². The number of phenols is 2. The summed E-state index contributed by atoms with van der Waals surface area (Å²) in [4.78, 5) is 11.6. The van der Waals surface area contributed by atoms with Gasteiger partial charge in [-0.15, -0.1) is 0 Å². The van der Waals surface area contributed by atoms with Gasteiger partial charge in [0, 0.05) is 12.1 Å². The Hall–Kier alpha value is -1.71. The molecule has 4 nitrogen and oxygen atoms in total. The van der Waals surface area contributed by atoms with E-state index >= 15 is 0 Å². The third-order valence-electron chi connectivity index (χ3n) is 2.65. The van der Waals surface area contributed by atoms with Crippen LogP contribution in [0.1, 0.15) is 23.7 Å². The molecule has 15 heavy (non-hydrogen) atoms. The van der Waals surface area contributed by atoms with Crippen LogP contribution in [0.4, 0.5) is 0 Å². The lowest BCUT2D eigenvalue weighted by molar-refractivity contribution is 0.0946. The van der Waals surface area contributed by atoms with E-state index in [2.05, 4.69) is 12.2 Å². The van der Waals surface area contributed by atoms with Crippen molar-refractivity contribution in [3.8, 4) is 11.5 Å². The van der Waals surface area contributed by atoms with Gasteiger partial charge in [-0.05, 0) is 24.5 Å². The highest BCUT2D eigenvalue weighted by molar-refractivity contribution is 5.97. The predicted molar refractivity (Wildman–Crippen MR) is 54.8 cm³/mol. The molecule has 0 aliphatic heterocycles. The van der Waals surface area contributed by atoms with Crippen LogP contribution in [0.5, 0.6) is 11.5 Å². The second-order valence-corrected chi connectivity index (χ2v) is 3.99. The summed E-state index contributed by atoms with van der Waals surface area (Å²) in [5.74, 6) is -0.0142. The lowest BCUT2D eigenvalue weighted by Gasteiger charge is -2.05. The summed E-state index contributed by atoms with van der Waals surface area (Å²) in [5, 5.41) is 21.3. The zero-order chi connectivity index (χ0) is 11.0. The first-order valence-electron chi connectivity index (χ1n) is 4.91. The number of nitrogens with one attached hydrogen (secondary N) is 1. The zero-order valence-corrected chi connectivity index (χ0v) is 8.40. The minimum absolute atomic E-state index is 0.0520. The van der Waals surface area contributed by atoms with Gasteiger partial charge in [0.15, 0.2) is 0 Å². The summed E-state index contributed by atoms with van der Waals surface area (Å²) < 4.78 is 0. The molecule has 1 aliphatic rings. The monoisotopic (exact) mass is 207 g/mol. The fourth-order valence-corrected chi connectivity index (χ4v) is 1.48. The molecule has 1 aliphatic carbocycles. The van der Waals surface area contributed by atoms with Gasteiger partial charge in [0.1, 0.15) is 11.5 Å². The molecular formula is C11H13NO3. The minimum Gasteiger partial charge on any atom is -0.508 e. The molecule has 0 heterocycles. The van der Waals surface area contributed by atoms with Gasteiger partial charge < -0.3 is 15.5 Å². The number of amides is 1. The molecule has 4 heteroatoms. The molecule has 0 saturated heterocycles.